The molecule has 1 aliphatic rings. The van der Waals surface area contributed by atoms with Gasteiger partial charge in [-0.3, -0.25) is 4.90 Å². The molecule has 0 aromatic heterocycles. The van der Waals surface area contributed by atoms with Gasteiger partial charge in [-0.25, -0.2) is 8.78 Å². The minimum atomic E-state index is -0.501. The molecule has 1 aromatic carbocycles. The van der Waals surface area contributed by atoms with E-state index in [4.69, 9.17) is 5.73 Å². The summed E-state index contributed by atoms with van der Waals surface area (Å²) in [4.78, 5) is 2.07. The summed E-state index contributed by atoms with van der Waals surface area (Å²) in [6.45, 7) is 1.91. The molecule has 0 spiro atoms. The highest BCUT2D eigenvalue weighted by Gasteiger charge is 2.26. The van der Waals surface area contributed by atoms with E-state index in [1.54, 1.807) is 0 Å². The molecule has 1 fully saturated rings. The van der Waals surface area contributed by atoms with Crippen LogP contribution in [0.3, 0.4) is 0 Å². The molecule has 1 saturated heterocycles. The highest BCUT2D eigenvalue weighted by atomic mass is 32.2. The van der Waals surface area contributed by atoms with Gasteiger partial charge < -0.3 is 5.73 Å². The summed E-state index contributed by atoms with van der Waals surface area (Å²) in [5.41, 5.74) is 5.80. The van der Waals surface area contributed by atoms with Crippen LogP contribution in [0.1, 0.15) is 11.6 Å². The van der Waals surface area contributed by atoms with Gasteiger partial charge in [-0.15, -0.1) is 0 Å². The summed E-state index contributed by atoms with van der Waals surface area (Å²) >= 11 is 1.86. The van der Waals surface area contributed by atoms with Crippen LogP contribution >= 0.6 is 11.8 Å². The molecule has 1 aliphatic heterocycles. The second-order valence-electron chi connectivity index (χ2n) is 4.04. The van der Waals surface area contributed by atoms with Gasteiger partial charge in [0, 0.05) is 36.7 Å². The lowest BCUT2D eigenvalue weighted by atomic mass is 10.0. The normalized spacial score (nSPS) is 19.2. The van der Waals surface area contributed by atoms with Crippen molar-refractivity contribution in [2.45, 2.75) is 6.04 Å². The van der Waals surface area contributed by atoms with Gasteiger partial charge in [0.25, 0.3) is 0 Å². The van der Waals surface area contributed by atoms with Crippen LogP contribution in [0, 0.1) is 11.6 Å². The number of rotatable bonds is 3. The molecule has 5 heteroatoms. The van der Waals surface area contributed by atoms with Gasteiger partial charge in [-0.05, 0) is 12.1 Å². The van der Waals surface area contributed by atoms with Crippen molar-refractivity contribution < 1.29 is 8.78 Å². The molecule has 0 aliphatic carbocycles. The van der Waals surface area contributed by atoms with E-state index >= 15 is 0 Å². The van der Waals surface area contributed by atoms with Gasteiger partial charge in [-0.1, -0.05) is 6.07 Å². The Kier molecular flexibility index (Phi) is 4.36. The first-order valence-electron chi connectivity index (χ1n) is 5.70. The van der Waals surface area contributed by atoms with E-state index in [2.05, 4.69) is 4.90 Å². The monoisotopic (exact) mass is 258 g/mol. The van der Waals surface area contributed by atoms with E-state index in [0.29, 0.717) is 0 Å². The SMILES string of the molecule is NCC(c1c(F)cccc1F)N1CCSCC1. The molecule has 94 valence electrons. The Hall–Kier alpha value is -0.650. The Morgan fingerprint density at radius 2 is 1.82 bits per heavy atom. The third kappa shape index (κ3) is 2.78. The number of hydrogen-bond acceptors (Lipinski definition) is 3. The van der Waals surface area contributed by atoms with E-state index in [-0.39, 0.29) is 18.2 Å². The van der Waals surface area contributed by atoms with Crippen molar-refractivity contribution in [2.24, 2.45) is 5.73 Å². The Morgan fingerprint density at radius 1 is 1.24 bits per heavy atom. The van der Waals surface area contributed by atoms with Gasteiger partial charge in [0.1, 0.15) is 11.6 Å². The molecule has 0 bridgehead atoms. The number of thioether (sulfide) groups is 1. The van der Waals surface area contributed by atoms with E-state index in [9.17, 15) is 8.78 Å². The predicted molar refractivity (Wildman–Crippen MR) is 67.1 cm³/mol. The van der Waals surface area contributed by atoms with Crippen molar-refractivity contribution >= 4 is 11.8 Å². The maximum Gasteiger partial charge on any atom is 0.130 e. The zero-order valence-electron chi connectivity index (χ0n) is 9.53. The van der Waals surface area contributed by atoms with Crippen molar-refractivity contribution in [1.29, 1.82) is 0 Å². The summed E-state index contributed by atoms with van der Waals surface area (Å²) in [5, 5.41) is 0. The van der Waals surface area contributed by atoms with Gasteiger partial charge in [-0.2, -0.15) is 11.8 Å². The second-order valence-corrected chi connectivity index (χ2v) is 5.26. The smallest absolute Gasteiger partial charge is 0.130 e. The first kappa shape index (κ1) is 12.8. The number of hydrogen-bond donors (Lipinski definition) is 1. The average Bonchev–Trinajstić information content (AvgIpc) is 2.35. The third-order valence-electron chi connectivity index (χ3n) is 3.04. The zero-order chi connectivity index (χ0) is 12.3. The van der Waals surface area contributed by atoms with Gasteiger partial charge in [0.15, 0.2) is 0 Å². The van der Waals surface area contributed by atoms with Crippen LogP contribution in [0.25, 0.3) is 0 Å². The Bertz CT molecular complexity index is 361. The largest absolute Gasteiger partial charge is 0.329 e. The van der Waals surface area contributed by atoms with Crippen molar-refractivity contribution in [3.8, 4) is 0 Å². The maximum absolute atomic E-state index is 13.7. The van der Waals surface area contributed by atoms with E-state index < -0.39 is 11.6 Å². The van der Waals surface area contributed by atoms with Crippen LogP contribution in [0.4, 0.5) is 8.78 Å². The summed E-state index contributed by atoms with van der Waals surface area (Å²) in [6, 6.07) is 3.62. The Morgan fingerprint density at radius 3 is 2.35 bits per heavy atom. The van der Waals surface area contributed by atoms with Gasteiger partial charge >= 0.3 is 0 Å². The van der Waals surface area contributed by atoms with Crippen LogP contribution in [-0.4, -0.2) is 36.0 Å². The highest BCUT2D eigenvalue weighted by molar-refractivity contribution is 7.99. The van der Waals surface area contributed by atoms with Gasteiger partial charge in [0.05, 0.1) is 6.04 Å². The topological polar surface area (TPSA) is 29.3 Å². The lowest BCUT2D eigenvalue weighted by Crippen LogP contribution is -2.40. The maximum atomic E-state index is 13.7. The third-order valence-corrected chi connectivity index (χ3v) is 3.99. The lowest BCUT2D eigenvalue weighted by Gasteiger charge is -2.34. The molecular formula is C12H16F2N2S. The summed E-state index contributed by atoms with van der Waals surface area (Å²) in [5.74, 6) is 0.983. The molecule has 2 rings (SSSR count). The van der Waals surface area contributed by atoms with Crippen molar-refractivity contribution in [3.05, 3.63) is 35.4 Å². The van der Waals surface area contributed by atoms with Crippen molar-refractivity contribution in [1.82, 2.24) is 4.90 Å². The fourth-order valence-corrected chi connectivity index (χ4v) is 3.10. The standard InChI is InChI=1S/C12H16F2N2S/c13-9-2-1-3-10(14)12(9)11(8-15)16-4-6-17-7-5-16/h1-3,11H,4-8,15H2. The fourth-order valence-electron chi connectivity index (χ4n) is 2.17. The number of nitrogens with two attached hydrogens (primary N) is 1. The zero-order valence-corrected chi connectivity index (χ0v) is 10.4. The van der Waals surface area contributed by atoms with Crippen molar-refractivity contribution in [2.75, 3.05) is 31.1 Å². The summed E-state index contributed by atoms with van der Waals surface area (Å²) in [7, 11) is 0. The summed E-state index contributed by atoms with van der Waals surface area (Å²) in [6.07, 6.45) is 0. The molecule has 1 atom stereocenters. The van der Waals surface area contributed by atoms with E-state index in [1.165, 1.54) is 18.2 Å². The van der Waals surface area contributed by atoms with Crippen LogP contribution in [0.2, 0.25) is 0 Å². The highest BCUT2D eigenvalue weighted by Crippen LogP contribution is 2.27. The van der Waals surface area contributed by atoms with Crippen LogP contribution < -0.4 is 5.73 Å². The number of nitrogens with zero attached hydrogens (tertiary/aromatic N) is 1. The fraction of sp³-hybridized carbons (Fsp3) is 0.500. The molecule has 0 saturated carbocycles. The molecule has 1 aromatic rings. The predicted octanol–water partition coefficient (Wildman–Crippen LogP) is 2.01. The lowest BCUT2D eigenvalue weighted by molar-refractivity contribution is 0.214. The Labute approximate surface area is 104 Å². The number of benzene rings is 1. The molecular weight excluding hydrogens is 242 g/mol. The van der Waals surface area contributed by atoms with E-state index in [0.717, 1.165) is 24.6 Å². The molecule has 17 heavy (non-hydrogen) atoms. The summed E-state index contributed by atoms with van der Waals surface area (Å²) < 4.78 is 27.4. The first-order valence-corrected chi connectivity index (χ1v) is 6.85. The molecule has 0 radical (unpaired) electrons. The molecule has 2 N–H and O–H groups in total. The minimum absolute atomic E-state index is 0.113. The second kappa shape index (κ2) is 5.80. The first-order chi connectivity index (χ1) is 8.24. The van der Waals surface area contributed by atoms with Crippen LogP contribution in [-0.2, 0) is 0 Å². The van der Waals surface area contributed by atoms with Crippen LogP contribution in [0.15, 0.2) is 18.2 Å². The molecule has 0 amide bonds. The van der Waals surface area contributed by atoms with Crippen molar-refractivity contribution in [3.63, 3.8) is 0 Å². The minimum Gasteiger partial charge on any atom is -0.329 e. The molecule has 1 unspecified atom stereocenters. The Balaban J connectivity index is 2.27. The number of halogens is 2. The quantitative estimate of drug-likeness (QED) is 0.899. The molecule has 1 heterocycles. The van der Waals surface area contributed by atoms with Crippen LogP contribution in [0.5, 0.6) is 0 Å². The molecule has 2 nitrogen and oxygen atoms in total. The average molecular weight is 258 g/mol. The van der Waals surface area contributed by atoms with E-state index in [1.807, 2.05) is 11.8 Å². The van der Waals surface area contributed by atoms with Gasteiger partial charge in [0.2, 0.25) is 0 Å².